The van der Waals surface area contributed by atoms with Crippen LogP contribution in [0.15, 0.2) is 28.2 Å². The third-order valence-electron chi connectivity index (χ3n) is 1.51. The van der Waals surface area contributed by atoms with Gasteiger partial charge in [-0.2, -0.15) is 9.98 Å². The molecule has 0 N–H and O–H groups in total. The Morgan fingerprint density at radius 3 is 2.36 bits per heavy atom. The lowest BCUT2D eigenvalue weighted by Crippen LogP contribution is -1.81. The monoisotopic (exact) mass is 190 g/mol. The Hall–Kier alpha value is -2.22. The summed E-state index contributed by atoms with van der Waals surface area (Å²) in [7, 11) is 1.48. The van der Waals surface area contributed by atoms with Gasteiger partial charge in [-0.1, -0.05) is 0 Å². The number of hydrogen-bond acceptors (Lipinski definition) is 5. The van der Waals surface area contributed by atoms with Gasteiger partial charge in [-0.3, -0.25) is 0 Å². The Labute approximate surface area is 79.8 Å². The molecule has 0 spiro atoms. The number of carbonyl (C=O) groups excluding carboxylic acids is 2. The predicted molar refractivity (Wildman–Crippen MR) is 48.6 cm³/mol. The molecular formula is C9H6N2O3. The van der Waals surface area contributed by atoms with Gasteiger partial charge in [0.05, 0.1) is 7.11 Å². The zero-order valence-corrected chi connectivity index (χ0v) is 7.35. The molecule has 0 unspecified atom stereocenters. The van der Waals surface area contributed by atoms with Crippen molar-refractivity contribution in [1.29, 1.82) is 0 Å². The Morgan fingerprint density at radius 2 is 1.79 bits per heavy atom. The Kier molecular flexibility index (Phi) is 3.33. The number of benzene rings is 1. The Bertz CT molecular complexity index is 430. The molecule has 0 radical (unpaired) electrons. The van der Waals surface area contributed by atoms with Gasteiger partial charge in [-0.05, 0) is 12.1 Å². The highest BCUT2D eigenvalue weighted by Gasteiger charge is 2.01. The van der Waals surface area contributed by atoms with Crippen molar-refractivity contribution in [3.63, 3.8) is 0 Å². The van der Waals surface area contributed by atoms with Crippen LogP contribution in [0.4, 0.5) is 11.4 Å². The number of rotatable bonds is 3. The molecule has 0 saturated heterocycles. The van der Waals surface area contributed by atoms with Gasteiger partial charge in [0.1, 0.15) is 17.1 Å². The molecule has 14 heavy (non-hydrogen) atoms. The van der Waals surface area contributed by atoms with E-state index in [9.17, 15) is 9.59 Å². The van der Waals surface area contributed by atoms with Gasteiger partial charge in [0, 0.05) is 6.07 Å². The summed E-state index contributed by atoms with van der Waals surface area (Å²) in [4.78, 5) is 26.8. The topological polar surface area (TPSA) is 68.1 Å². The lowest BCUT2D eigenvalue weighted by atomic mass is 10.2. The second-order valence-corrected chi connectivity index (χ2v) is 2.26. The summed E-state index contributed by atoms with van der Waals surface area (Å²) in [6.45, 7) is 0. The summed E-state index contributed by atoms with van der Waals surface area (Å²) in [5, 5.41) is 0. The van der Waals surface area contributed by atoms with E-state index in [1.165, 1.54) is 31.4 Å². The molecule has 5 nitrogen and oxygen atoms in total. The summed E-state index contributed by atoms with van der Waals surface area (Å²) < 4.78 is 4.90. The molecule has 0 saturated carbocycles. The van der Waals surface area contributed by atoms with E-state index in [4.69, 9.17) is 4.74 Å². The van der Waals surface area contributed by atoms with Crippen LogP contribution in [-0.4, -0.2) is 19.3 Å². The molecule has 5 heteroatoms. The van der Waals surface area contributed by atoms with Crippen LogP contribution in [0.1, 0.15) is 0 Å². The minimum atomic E-state index is 0.225. The SMILES string of the molecule is COc1ccc(N=C=O)c(N=C=O)c1. The van der Waals surface area contributed by atoms with Crippen molar-refractivity contribution in [2.45, 2.75) is 0 Å². The second kappa shape index (κ2) is 4.72. The first-order valence-corrected chi connectivity index (χ1v) is 3.65. The van der Waals surface area contributed by atoms with Gasteiger partial charge in [-0.25, -0.2) is 9.59 Å². The van der Waals surface area contributed by atoms with Crippen LogP contribution in [0.2, 0.25) is 0 Å². The second-order valence-electron chi connectivity index (χ2n) is 2.26. The first-order valence-electron chi connectivity index (χ1n) is 3.65. The van der Waals surface area contributed by atoms with E-state index in [2.05, 4.69) is 9.98 Å². The molecule has 0 bridgehead atoms. The fraction of sp³-hybridized carbons (Fsp3) is 0.111. The molecular weight excluding hydrogens is 184 g/mol. The summed E-state index contributed by atoms with van der Waals surface area (Å²) in [6.07, 6.45) is 2.73. The molecule has 1 aromatic carbocycles. The van der Waals surface area contributed by atoms with Crippen molar-refractivity contribution < 1.29 is 14.3 Å². The van der Waals surface area contributed by atoms with E-state index in [0.717, 1.165) is 0 Å². The normalized spacial score (nSPS) is 8.36. The average Bonchev–Trinajstić information content (AvgIpc) is 2.21. The fourth-order valence-corrected chi connectivity index (χ4v) is 0.913. The van der Waals surface area contributed by atoms with Crippen LogP contribution in [0.3, 0.4) is 0 Å². The highest BCUT2D eigenvalue weighted by Crippen LogP contribution is 2.30. The smallest absolute Gasteiger partial charge is 0.240 e. The van der Waals surface area contributed by atoms with Crippen molar-refractivity contribution in [1.82, 2.24) is 0 Å². The van der Waals surface area contributed by atoms with Gasteiger partial charge in [0.2, 0.25) is 12.2 Å². The third-order valence-corrected chi connectivity index (χ3v) is 1.51. The van der Waals surface area contributed by atoms with E-state index in [1.54, 1.807) is 6.07 Å². The highest BCUT2D eigenvalue weighted by atomic mass is 16.5. The van der Waals surface area contributed by atoms with Crippen molar-refractivity contribution in [3.05, 3.63) is 18.2 Å². The van der Waals surface area contributed by atoms with E-state index in [0.29, 0.717) is 5.75 Å². The molecule has 0 aliphatic carbocycles. The quantitative estimate of drug-likeness (QED) is 0.537. The zero-order chi connectivity index (χ0) is 10.4. The van der Waals surface area contributed by atoms with Gasteiger partial charge < -0.3 is 4.74 Å². The Morgan fingerprint density at radius 1 is 1.14 bits per heavy atom. The minimum absolute atomic E-state index is 0.225. The van der Waals surface area contributed by atoms with Crippen LogP contribution in [0.5, 0.6) is 5.75 Å². The van der Waals surface area contributed by atoms with Crippen molar-refractivity contribution in [2.24, 2.45) is 9.98 Å². The average molecular weight is 190 g/mol. The predicted octanol–water partition coefficient (Wildman–Crippen LogP) is 1.63. The van der Waals surface area contributed by atoms with Gasteiger partial charge in [0.25, 0.3) is 0 Å². The van der Waals surface area contributed by atoms with Crippen LogP contribution in [0, 0.1) is 0 Å². The highest BCUT2D eigenvalue weighted by molar-refractivity contribution is 5.69. The van der Waals surface area contributed by atoms with Gasteiger partial charge in [0.15, 0.2) is 0 Å². The maximum atomic E-state index is 10.1. The molecule has 0 aromatic heterocycles. The molecule has 0 amide bonds. The molecule has 0 aliphatic heterocycles. The summed E-state index contributed by atoms with van der Waals surface area (Å²) >= 11 is 0. The van der Waals surface area contributed by atoms with Gasteiger partial charge in [-0.15, -0.1) is 0 Å². The third kappa shape index (κ3) is 2.14. The van der Waals surface area contributed by atoms with Gasteiger partial charge >= 0.3 is 0 Å². The van der Waals surface area contributed by atoms with Crippen molar-refractivity contribution in [2.75, 3.05) is 7.11 Å². The molecule has 0 heterocycles. The van der Waals surface area contributed by atoms with E-state index < -0.39 is 0 Å². The number of isocyanates is 2. The van der Waals surface area contributed by atoms with Crippen LogP contribution < -0.4 is 4.74 Å². The number of ether oxygens (including phenoxy) is 1. The number of nitrogens with zero attached hydrogens (tertiary/aromatic N) is 2. The molecule has 0 atom stereocenters. The molecule has 1 rings (SSSR count). The zero-order valence-electron chi connectivity index (χ0n) is 7.35. The molecule has 0 fully saturated rings. The van der Waals surface area contributed by atoms with E-state index in [-0.39, 0.29) is 11.4 Å². The number of hydrogen-bond donors (Lipinski definition) is 0. The first-order chi connectivity index (χ1) is 6.81. The molecule has 70 valence electrons. The minimum Gasteiger partial charge on any atom is -0.497 e. The van der Waals surface area contributed by atoms with Crippen LogP contribution in [0.25, 0.3) is 0 Å². The van der Waals surface area contributed by atoms with Crippen molar-refractivity contribution >= 4 is 23.5 Å². The lowest BCUT2D eigenvalue weighted by molar-refractivity contribution is 0.415. The van der Waals surface area contributed by atoms with E-state index in [1.807, 2.05) is 0 Å². The molecule has 0 aliphatic rings. The lowest BCUT2D eigenvalue weighted by Gasteiger charge is -2.00. The number of aliphatic imine (C=N–C) groups is 2. The first kappa shape index (κ1) is 9.86. The molecule has 1 aromatic rings. The standard InChI is InChI=1S/C9H6N2O3/c1-14-7-2-3-8(10-5-12)9(4-7)11-6-13/h2-4H,1H3. The van der Waals surface area contributed by atoms with Crippen LogP contribution >= 0.6 is 0 Å². The maximum absolute atomic E-state index is 10.1. The summed E-state index contributed by atoms with van der Waals surface area (Å²) in [5.41, 5.74) is 0.479. The van der Waals surface area contributed by atoms with E-state index >= 15 is 0 Å². The van der Waals surface area contributed by atoms with Crippen LogP contribution in [-0.2, 0) is 9.59 Å². The summed E-state index contributed by atoms with van der Waals surface area (Å²) in [5.74, 6) is 0.517. The maximum Gasteiger partial charge on any atom is 0.240 e. The number of methoxy groups -OCH3 is 1. The summed E-state index contributed by atoms with van der Waals surface area (Å²) in [6, 6.07) is 4.57. The van der Waals surface area contributed by atoms with Crippen molar-refractivity contribution in [3.8, 4) is 5.75 Å². The fourth-order valence-electron chi connectivity index (χ4n) is 0.913. The Balaban J connectivity index is 3.29. The largest absolute Gasteiger partial charge is 0.497 e.